The zero-order valence-corrected chi connectivity index (χ0v) is 19.3. The fourth-order valence-corrected chi connectivity index (χ4v) is 6.19. The summed E-state index contributed by atoms with van der Waals surface area (Å²) in [5, 5.41) is 2.03. The number of rotatable bonds is 9. The van der Waals surface area contributed by atoms with E-state index in [1.165, 1.54) is 76.2 Å². The van der Waals surface area contributed by atoms with Crippen LogP contribution in [0.25, 0.3) is 10.8 Å². The van der Waals surface area contributed by atoms with Gasteiger partial charge in [0.2, 0.25) is 0 Å². The summed E-state index contributed by atoms with van der Waals surface area (Å²) in [4.78, 5) is 0. The van der Waals surface area contributed by atoms with E-state index in [9.17, 15) is 4.39 Å². The zero-order chi connectivity index (χ0) is 21.6. The third-order valence-corrected chi connectivity index (χ3v) is 7.93. The Labute approximate surface area is 188 Å². The van der Waals surface area contributed by atoms with Crippen LogP contribution in [-0.2, 0) is 0 Å². The Kier molecular flexibility index (Phi) is 7.69. The smallest absolute Gasteiger partial charge is 0.165 e. The Morgan fingerprint density at radius 3 is 2.65 bits per heavy atom. The molecule has 0 aliphatic heterocycles. The van der Waals surface area contributed by atoms with Gasteiger partial charge in [0.05, 0.1) is 0 Å². The lowest BCUT2D eigenvalue weighted by Crippen LogP contribution is -2.30. The van der Waals surface area contributed by atoms with Gasteiger partial charge in [-0.3, -0.25) is 0 Å². The first-order chi connectivity index (χ1) is 15.2. The second-order valence-electron chi connectivity index (χ2n) is 10.0. The molecule has 2 unspecified atom stereocenters. The summed E-state index contributed by atoms with van der Waals surface area (Å²) in [5.74, 6) is 3.48. The second-order valence-corrected chi connectivity index (χ2v) is 10.0. The minimum atomic E-state index is -0.285. The minimum absolute atomic E-state index is 0.285. The maximum atomic E-state index is 14.4. The van der Waals surface area contributed by atoms with Gasteiger partial charge in [0.1, 0.15) is 6.61 Å². The van der Waals surface area contributed by atoms with Crippen LogP contribution in [0.1, 0.15) is 89.0 Å². The van der Waals surface area contributed by atoms with Crippen LogP contribution >= 0.6 is 0 Å². The molecule has 2 aromatic carbocycles. The number of ether oxygens (including phenoxy) is 1. The van der Waals surface area contributed by atoms with Crippen molar-refractivity contribution in [3.8, 4) is 5.75 Å². The third kappa shape index (κ3) is 5.51. The van der Waals surface area contributed by atoms with Crippen molar-refractivity contribution in [3.63, 3.8) is 0 Å². The highest BCUT2D eigenvalue weighted by atomic mass is 19.1. The predicted octanol–water partition coefficient (Wildman–Crippen LogP) is 8.81. The fourth-order valence-electron chi connectivity index (χ4n) is 6.19. The lowest BCUT2D eigenvalue weighted by atomic mass is 9.63. The lowest BCUT2D eigenvalue weighted by molar-refractivity contribution is 0.113. The van der Waals surface area contributed by atoms with Gasteiger partial charge in [-0.15, -0.1) is 0 Å². The number of hydrogen-bond acceptors (Lipinski definition) is 1. The van der Waals surface area contributed by atoms with Crippen LogP contribution in [0.5, 0.6) is 5.75 Å². The molecule has 2 aliphatic carbocycles. The van der Waals surface area contributed by atoms with Crippen LogP contribution in [0.15, 0.2) is 43.0 Å². The molecule has 0 heterocycles. The van der Waals surface area contributed by atoms with Crippen LogP contribution in [-0.4, -0.2) is 6.61 Å². The lowest BCUT2D eigenvalue weighted by Gasteiger charge is -2.42. The van der Waals surface area contributed by atoms with Gasteiger partial charge >= 0.3 is 0 Å². The van der Waals surface area contributed by atoms with Crippen molar-refractivity contribution >= 4 is 10.8 Å². The molecule has 2 heteroatoms. The van der Waals surface area contributed by atoms with E-state index in [2.05, 4.69) is 31.7 Å². The maximum Gasteiger partial charge on any atom is 0.165 e. The van der Waals surface area contributed by atoms with E-state index in [0.29, 0.717) is 18.3 Å². The fraction of sp³-hybridized carbons (Fsp3) is 0.586. The van der Waals surface area contributed by atoms with Crippen LogP contribution in [0.2, 0.25) is 0 Å². The van der Waals surface area contributed by atoms with Gasteiger partial charge in [-0.25, -0.2) is 4.39 Å². The molecule has 0 radical (unpaired) electrons. The molecule has 0 bridgehead atoms. The SMILES string of the molecule is C=CCOc1cc2ccc([C@@H]3CC[C@@H]4CC(CCCCCC)CCC4C3)cc2cc1F. The first-order valence-corrected chi connectivity index (χ1v) is 12.6. The molecule has 2 aromatic rings. The Morgan fingerprint density at radius 2 is 1.81 bits per heavy atom. The molecule has 0 amide bonds. The normalized spacial score (nSPS) is 25.9. The average Bonchev–Trinajstić information content (AvgIpc) is 2.79. The molecule has 2 fully saturated rings. The molecule has 1 nitrogen and oxygen atoms in total. The number of hydrogen-bond donors (Lipinski definition) is 0. The van der Waals surface area contributed by atoms with E-state index in [0.717, 1.165) is 28.5 Å². The highest BCUT2D eigenvalue weighted by Crippen LogP contribution is 2.48. The number of unbranched alkanes of at least 4 members (excludes halogenated alkanes) is 3. The predicted molar refractivity (Wildman–Crippen MR) is 129 cm³/mol. The van der Waals surface area contributed by atoms with Crippen molar-refractivity contribution in [1.82, 2.24) is 0 Å². The van der Waals surface area contributed by atoms with Crippen molar-refractivity contribution in [2.24, 2.45) is 17.8 Å². The van der Waals surface area contributed by atoms with Gasteiger partial charge < -0.3 is 4.74 Å². The van der Waals surface area contributed by atoms with Crippen LogP contribution in [0, 0.1) is 23.6 Å². The van der Waals surface area contributed by atoms with E-state index in [4.69, 9.17) is 4.74 Å². The van der Waals surface area contributed by atoms with Gasteiger partial charge in [0, 0.05) is 0 Å². The summed E-state index contributed by atoms with van der Waals surface area (Å²) in [6.07, 6.45) is 17.0. The maximum absolute atomic E-state index is 14.4. The van der Waals surface area contributed by atoms with Gasteiger partial charge in [0.15, 0.2) is 11.6 Å². The van der Waals surface area contributed by atoms with Crippen LogP contribution in [0.4, 0.5) is 4.39 Å². The topological polar surface area (TPSA) is 9.23 Å². The van der Waals surface area contributed by atoms with Crippen molar-refractivity contribution in [2.45, 2.75) is 83.5 Å². The van der Waals surface area contributed by atoms with Crippen LogP contribution < -0.4 is 4.74 Å². The standard InChI is InChI=1S/C29H39FO/c1-3-5-6-7-8-21-9-10-23-17-24(12-11-22(23)16-21)25-13-14-26-20-29(31-15-4-2)28(30)19-27(26)18-25/h4,13-14,18-24H,2-3,5-12,15-17H2,1H3/t21?,22-,23?,24-/m1/s1. The Balaban J connectivity index is 1.37. The monoisotopic (exact) mass is 422 g/mol. The zero-order valence-electron chi connectivity index (χ0n) is 19.3. The highest BCUT2D eigenvalue weighted by Gasteiger charge is 2.35. The summed E-state index contributed by atoms with van der Waals surface area (Å²) in [7, 11) is 0. The molecule has 168 valence electrons. The number of benzene rings is 2. The molecule has 0 spiro atoms. The molecule has 0 aromatic heterocycles. The summed E-state index contributed by atoms with van der Waals surface area (Å²) in [5.41, 5.74) is 1.40. The van der Waals surface area contributed by atoms with E-state index in [1.54, 1.807) is 12.1 Å². The first-order valence-electron chi connectivity index (χ1n) is 12.6. The van der Waals surface area contributed by atoms with Gasteiger partial charge in [-0.1, -0.05) is 76.3 Å². The summed E-state index contributed by atoms with van der Waals surface area (Å²) < 4.78 is 19.9. The number of fused-ring (bicyclic) bond motifs is 2. The van der Waals surface area contributed by atoms with Gasteiger partial charge in [-0.2, -0.15) is 0 Å². The van der Waals surface area contributed by atoms with Crippen molar-refractivity contribution in [1.29, 1.82) is 0 Å². The molecule has 2 saturated carbocycles. The highest BCUT2D eigenvalue weighted by molar-refractivity contribution is 5.84. The summed E-state index contributed by atoms with van der Waals surface area (Å²) in [6.45, 7) is 6.26. The van der Waals surface area contributed by atoms with Gasteiger partial charge in [0.25, 0.3) is 0 Å². The molecule has 0 saturated heterocycles. The minimum Gasteiger partial charge on any atom is -0.486 e. The molecule has 0 N–H and O–H groups in total. The quantitative estimate of drug-likeness (QED) is 0.290. The summed E-state index contributed by atoms with van der Waals surface area (Å²) >= 11 is 0. The van der Waals surface area contributed by atoms with Gasteiger partial charge in [-0.05, 0) is 84.2 Å². The Hall–Kier alpha value is -1.83. The molecule has 31 heavy (non-hydrogen) atoms. The van der Waals surface area contributed by atoms with Crippen LogP contribution in [0.3, 0.4) is 0 Å². The molecule has 4 rings (SSSR count). The summed E-state index contributed by atoms with van der Waals surface area (Å²) in [6, 6.07) is 10.1. The van der Waals surface area contributed by atoms with Crippen molar-refractivity contribution in [2.75, 3.05) is 6.61 Å². The van der Waals surface area contributed by atoms with E-state index >= 15 is 0 Å². The van der Waals surface area contributed by atoms with E-state index < -0.39 is 0 Å². The van der Waals surface area contributed by atoms with Crippen molar-refractivity contribution < 1.29 is 9.13 Å². The average molecular weight is 423 g/mol. The molecule has 4 atom stereocenters. The second kappa shape index (κ2) is 10.7. The molecular formula is C29H39FO. The van der Waals surface area contributed by atoms with E-state index in [-0.39, 0.29) is 5.82 Å². The molecular weight excluding hydrogens is 383 g/mol. The third-order valence-electron chi connectivity index (χ3n) is 7.93. The largest absolute Gasteiger partial charge is 0.486 e. The Bertz CT molecular complexity index is 872. The number of halogens is 1. The Morgan fingerprint density at radius 1 is 0.968 bits per heavy atom. The molecule has 2 aliphatic rings. The van der Waals surface area contributed by atoms with Crippen molar-refractivity contribution in [3.05, 3.63) is 54.4 Å². The van der Waals surface area contributed by atoms with E-state index in [1.807, 2.05) is 6.07 Å². The first kappa shape index (κ1) is 22.4.